The second-order valence-corrected chi connectivity index (χ2v) is 6.29. The fourth-order valence-electron chi connectivity index (χ4n) is 2.54. The molecule has 156 valence electrons. The van der Waals surface area contributed by atoms with Crippen molar-refractivity contribution in [1.29, 1.82) is 0 Å². The van der Waals surface area contributed by atoms with E-state index in [2.05, 4.69) is 5.32 Å². The molecule has 2 aromatic carbocycles. The fraction of sp³-hybridized carbons (Fsp3) is 0.263. The summed E-state index contributed by atoms with van der Waals surface area (Å²) in [5.74, 6) is -1.92. The van der Waals surface area contributed by atoms with Gasteiger partial charge in [-0.1, -0.05) is 18.2 Å². The predicted octanol–water partition coefficient (Wildman–Crippen LogP) is 4.71. The number of nitrogens with one attached hydrogen (secondary N) is 2. The van der Waals surface area contributed by atoms with Gasteiger partial charge in [0.1, 0.15) is 0 Å². The Morgan fingerprint density at radius 3 is 1.79 bits per heavy atom. The van der Waals surface area contributed by atoms with Gasteiger partial charge in [0.2, 0.25) is 5.91 Å². The smallest absolute Gasteiger partial charge is 0.343 e. The summed E-state index contributed by atoms with van der Waals surface area (Å²) in [6.07, 6.45) is -10.1. The minimum Gasteiger partial charge on any atom is -0.343 e. The molecule has 2 aromatic rings. The van der Waals surface area contributed by atoms with Crippen LogP contribution < -0.4 is 10.6 Å². The number of hydrogen-bond donors (Lipinski definition) is 2. The topological polar surface area (TPSA) is 58.2 Å². The second-order valence-electron chi connectivity index (χ2n) is 6.29. The van der Waals surface area contributed by atoms with Crippen LogP contribution >= 0.6 is 0 Å². The molecule has 0 heterocycles. The van der Waals surface area contributed by atoms with Crippen molar-refractivity contribution in [3.63, 3.8) is 0 Å². The normalized spacial score (nSPS) is 11.9. The van der Waals surface area contributed by atoms with E-state index in [0.29, 0.717) is 17.8 Å². The van der Waals surface area contributed by atoms with Crippen LogP contribution in [0.2, 0.25) is 0 Å². The molecule has 4 nitrogen and oxygen atoms in total. The van der Waals surface area contributed by atoms with Crippen LogP contribution in [0.1, 0.15) is 32.6 Å². The van der Waals surface area contributed by atoms with Gasteiger partial charge in [0, 0.05) is 11.3 Å². The number of carbonyl (C=O) groups is 2. The largest absolute Gasteiger partial charge is 0.416 e. The van der Waals surface area contributed by atoms with E-state index in [0.717, 1.165) is 11.1 Å². The Kier molecular flexibility index (Phi) is 6.24. The summed E-state index contributed by atoms with van der Waals surface area (Å²) < 4.78 is 77.2. The van der Waals surface area contributed by atoms with Crippen LogP contribution in [-0.4, -0.2) is 18.4 Å². The van der Waals surface area contributed by atoms with Gasteiger partial charge >= 0.3 is 12.4 Å². The van der Waals surface area contributed by atoms with Gasteiger partial charge in [0.25, 0.3) is 5.91 Å². The summed E-state index contributed by atoms with van der Waals surface area (Å²) in [5.41, 5.74) is -2.08. The number of benzene rings is 2. The zero-order chi connectivity index (χ0) is 22.0. The average molecular weight is 418 g/mol. The van der Waals surface area contributed by atoms with Crippen molar-refractivity contribution >= 4 is 17.5 Å². The summed E-state index contributed by atoms with van der Waals surface area (Å²) in [7, 11) is 0. The average Bonchev–Trinajstić information content (AvgIpc) is 2.61. The molecule has 29 heavy (non-hydrogen) atoms. The van der Waals surface area contributed by atoms with E-state index in [1.165, 1.54) is 0 Å². The quantitative estimate of drug-likeness (QED) is 0.707. The monoisotopic (exact) mass is 418 g/mol. The van der Waals surface area contributed by atoms with Crippen molar-refractivity contribution in [3.8, 4) is 0 Å². The molecule has 0 bridgehead atoms. The highest BCUT2D eigenvalue weighted by atomic mass is 19.4. The Hall–Kier alpha value is -3.04. The number of rotatable bonds is 4. The summed E-state index contributed by atoms with van der Waals surface area (Å²) in [5, 5.41) is 4.57. The minimum atomic E-state index is -5.07. The fourth-order valence-corrected chi connectivity index (χ4v) is 2.54. The number of para-hydroxylation sites is 1. The zero-order valence-corrected chi connectivity index (χ0v) is 15.3. The first-order valence-electron chi connectivity index (χ1n) is 8.23. The second kappa shape index (κ2) is 8.14. The molecule has 2 amide bonds. The number of alkyl halides is 6. The lowest BCUT2D eigenvalue weighted by Gasteiger charge is -2.14. The predicted molar refractivity (Wildman–Crippen MR) is 93.3 cm³/mol. The molecule has 0 aliphatic rings. The minimum absolute atomic E-state index is 0.0789. The first kappa shape index (κ1) is 22.3. The van der Waals surface area contributed by atoms with Crippen LogP contribution in [0.15, 0.2) is 36.4 Å². The van der Waals surface area contributed by atoms with E-state index in [4.69, 9.17) is 0 Å². The van der Waals surface area contributed by atoms with E-state index in [1.54, 1.807) is 32.0 Å². The Balaban J connectivity index is 2.17. The van der Waals surface area contributed by atoms with E-state index in [1.807, 2.05) is 5.32 Å². The standard InChI is InChI=1S/C19H16F6N2O2/c1-10-4-3-5-11(2)16(10)27-15(28)9-26-17(29)12-6-13(18(20,21)22)8-14(7-12)19(23,24)25/h3-8H,9H2,1-2H3,(H,26,29)(H,27,28). The molecule has 2 rings (SSSR count). The van der Waals surface area contributed by atoms with Crippen LogP contribution in [-0.2, 0) is 17.1 Å². The molecule has 0 fully saturated rings. The molecule has 0 aromatic heterocycles. The lowest BCUT2D eigenvalue weighted by Crippen LogP contribution is -2.33. The molecular weight excluding hydrogens is 402 g/mol. The highest BCUT2D eigenvalue weighted by Gasteiger charge is 2.37. The number of hydrogen-bond acceptors (Lipinski definition) is 2. The third-order valence-corrected chi connectivity index (χ3v) is 4.00. The van der Waals surface area contributed by atoms with Crippen molar-refractivity contribution in [3.05, 3.63) is 64.2 Å². The molecule has 0 saturated carbocycles. The van der Waals surface area contributed by atoms with Gasteiger partial charge < -0.3 is 10.6 Å². The first-order chi connectivity index (χ1) is 13.3. The van der Waals surface area contributed by atoms with Gasteiger partial charge in [0.15, 0.2) is 0 Å². The van der Waals surface area contributed by atoms with Crippen LogP contribution in [0.4, 0.5) is 32.0 Å². The Bertz CT molecular complexity index is 883. The SMILES string of the molecule is Cc1cccc(C)c1NC(=O)CNC(=O)c1cc(C(F)(F)F)cc(C(F)(F)F)c1. The maximum Gasteiger partial charge on any atom is 0.416 e. The molecule has 0 aliphatic carbocycles. The molecule has 0 saturated heterocycles. The van der Waals surface area contributed by atoms with Crippen LogP contribution in [0.5, 0.6) is 0 Å². The molecule has 10 heteroatoms. The van der Waals surface area contributed by atoms with Gasteiger partial charge in [-0.25, -0.2) is 0 Å². The number of carbonyl (C=O) groups excluding carboxylic acids is 2. The van der Waals surface area contributed by atoms with Crippen LogP contribution in [0, 0.1) is 13.8 Å². The number of anilines is 1. The first-order valence-corrected chi connectivity index (χ1v) is 8.23. The van der Waals surface area contributed by atoms with E-state index >= 15 is 0 Å². The van der Waals surface area contributed by atoms with Crippen molar-refractivity contribution in [2.24, 2.45) is 0 Å². The number of amides is 2. The lowest BCUT2D eigenvalue weighted by atomic mass is 10.0. The summed E-state index contributed by atoms with van der Waals surface area (Å²) in [4.78, 5) is 24.1. The van der Waals surface area contributed by atoms with Crippen molar-refractivity contribution in [1.82, 2.24) is 5.32 Å². The number of aryl methyl sites for hydroxylation is 2. The summed E-state index contributed by atoms with van der Waals surface area (Å²) in [6, 6.07) is 5.77. The molecule has 0 atom stereocenters. The molecule has 2 N–H and O–H groups in total. The van der Waals surface area contributed by atoms with Crippen molar-refractivity contribution in [2.75, 3.05) is 11.9 Å². The van der Waals surface area contributed by atoms with E-state index in [-0.39, 0.29) is 6.07 Å². The summed E-state index contributed by atoms with van der Waals surface area (Å²) in [6.45, 7) is 2.84. The zero-order valence-electron chi connectivity index (χ0n) is 15.3. The van der Waals surface area contributed by atoms with Gasteiger partial charge in [0.05, 0.1) is 17.7 Å². The lowest BCUT2D eigenvalue weighted by molar-refractivity contribution is -0.143. The number of halogens is 6. The maximum atomic E-state index is 12.9. The Labute approximate surface area is 161 Å². The molecular formula is C19H16F6N2O2. The Morgan fingerprint density at radius 1 is 0.862 bits per heavy atom. The highest BCUT2D eigenvalue weighted by Crippen LogP contribution is 2.36. The van der Waals surface area contributed by atoms with Gasteiger partial charge in [-0.3, -0.25) is 9.59 Å². The third-order valence-electron chi connectivity index (χ3n) is 4.00. The van der Waals surface area contributed by atoms with Crippen LogP contribution in [0.25, 0.3) is 0 Å². The van der Waals surface area contributed by atoms with Crippen molar-refractivity contribution < 1.29 is 35.9 Å². The Morgan fingerprint density at radius 2 is 1.34 bits per heavy atom. The maximum absolute atomic E-state index is 12.9. The highest BCUT2D eigenvalue weighted by molar-refractivity contribution is 6.00. The van der Waals surface area contributed by atoms with Crippen LogP contribution in [0.3, 0.4) is 0 Å². The third kappa shape index (κ3) is 5.72. The van der Waals surface area contributed by atoms with Crippen molar-refractivity contribution in [2.45, 2.75) is 26.2 Å². The molecule has 0 unspecified atom stereocenters. The molecule has 0 aliphatic heterocycles. The van der Waals surface area contributed by atoms with E-state index in [9.17, 15) is 35.9 Å². The van der Waals surface area contributed by atoms with Gasteiger partial charge in [-0.05, 0) is 43.2 Å². The van der Waals surface area contributed by atoms with Gasteiger partial charge in [-0.15, -0.1) is 0 Å². The van der Waals surface area contributed by atoms with E-state index < -0.39 is 47.4 Å². The van der Waals surface area contributed by atoms with Gasteiger partial charge in [-0.2, -0.15) is 26.3 Å². The molecule has 0 spiro atoms. The summed E-state index contributed by atoms with van der Waals surface area (Å²) >= 11 is 0. The molecule has 0 radical (unpaired) electrons.